The minimum atomic E-state index is 0.0743. The Morgan fingerprint density at radius 1 is 1.38 bits per heavy atom. The molecule has 2 nitrogen and oxygen atoms in total. The second kappa shape index (κ2) is 7.13. The Kier molecular flexibility index (Phi) is 6.14. The van der Waals surface area contributed by atoms with E-state index in [1.54, 1.807) is 6.07 Å². The Bertz CT molecular complexity index is 331. The molecule has 90 valence electrons. The molecule has 0 saturated heterocycles. The van der Waals surface area contributed by atoms with E-state index in [4.69, 9.17) is 33.7 Å². The average molecular weight is 262 g/mol. The smallest absolute Gasteiger partial charge is 0.0480 e. The highest BCUT2D eigenvalue weighted by Crippen LogP contribution is 2.22. The Morgan fingerprint density at radius 3 is 2.75 bits per heavy atom. The van der Waals surface area contributed by atoms with Gasteiger partial charge in [0.15, 0.2) is 0 Å². The van der Waals surface area contributed by atoms with Crippen LogP contribution >= 0.6 is 23.2 Å². The fourth-order valence-corrected chi connectivity index (χ4v) is 1.94. The quantitative estimate of drug-likeness (QED) is 0.798. The minimum absolute atomic E-state index is 0.0743. The van der Waals surface area contributed by atoms with Crippen molar-refractivity contribution in [3.8, 4) is 0 Å². The van der Waals surface area contributed by atoms with Gasteiger partial charge in [-0.05, 0) is 37.5 Å². The molecule has 0 aliphatic heterocycles. The van der Waals surface area contributed by atoms with Crippen molar-refractivity contribution in [1.82, 2.24) is 0 Å². The Hall–Kier alpha value is -0.280. The first-order valence-electron chi connectivity index (χ1n) is 5.40. The molecule has 0 aromatic heterocycles. The van der Waals surface area contributed by atoms with Crippen LogP contribution in [-0.2, 0) is 11.2 Å². The van der Waals surface area contributed by atoms with Gasteiger partial charge in [0.25, 0.3) is 0 Å². The van der Waals surface area contributed by atoms with Gasteiger partial charge in [-0.2, -0.15) is 0 Å². The van der Waals surface area contributed by atoms with Gasteiger partial charge in [-0.25, -0.2) is 0 Å². The molecule has 1 rings (SSSR count). The predicted octanol–water partition coefficient (Wildman–Crippen LogP) is 3.29. The van der Waals surface area contributed by atoms with Gasteiger partial charge >= 0.3 is 0 Å². The second-order valence-electron chi connectivity index (χ2n) is 3.69. The van der Waals surface area contributed by atoms with E-state index in [0.717, 1.165) is 25.0 Å². The van der Waals surface area contributed by atoms with Crippen molar-refractivity contribution in [3.63, 3.8) is 0 Å². The molecule has 0 spiro atoms. The first-order valence-corrected chi connectivity index (χ1v) is 6.16. The van der Waals surface area contributed by atoms with Crippen molar-refractivity contribution in [3.05, 3.63) is 33.8 Å². The number of ether oxygens (including phenoxy) is 1. The van der Waals surface area contributed by atoms with Crippen molar-refractivity contribution in [1.29, 1.82) is 0 Å². The highest BCUT2D eigenvalue weighted by molar-refractivity contribution is 6.35. The molecular formula is C12H17Cl2NO. The molecule has 0 radical (unpaired) electrons. The average Bonchev–Trinajstić information content (AvgIpc) is 2.23. The van der Waals surface area contributed by atoms with Crippen LogP contribution in [0.2, 0.25) is 10.0 Å². The monoisotopic (exact) mass is 261 g/mol. The van der Waals surface area contributed by atoms with Crippen LogP contribution in [0.15, 0.2) is 18.2 Å². The zero-order valence-corrected chi connectivity index (χ0v) is 10.9. The van der Waals surface area contributed by atoms with E-state index < -0.39 is 0 Å². The van der Waals surface area contributed by atoms with Gasteiger partial charge in [0, 0.05) is 29.3 Å². The number of halogens is 2. The van der Waals surface area contributed by atoms with Crippen LogP contribution in [0.1, 0.15) is 18.9 Å². The lowest BCUT2D eigenvalue weighted by atomic mass is 10.0. The minimum Gasteiger partial charge on any atom is -0.382 e. The van der Waals surface area contributed by atoms with Crippen LogP contribution < -0.4 is 5.73 Å². The van der Waals surface area contributed by atoms with E-state index in [0.29, 0.717) is 16.7 Å². The maximum atomic E-state index is 6.06. The summed E-state index contributed by atoms with van der Waals surface area (Å²) in [5.74, 6) is 0. The molecule has 1 aromatic carbocycles. The predicted molar refractivity (Wildman–Crippen MR) is 69.3 cm³/mol. The largest absolute Gasteiger partial charge is 0.382 e. The zero-order valence-electron chi connectivity index (χ0n) is 9.38. The van der Waals surface area contributed by atoms with Gasteiger partial charge in [-0.15, -0.1) is 0 Å². The van der Waals surface area contributed by atoms with E-state index in [1.807, 2.05) is 19.1 Å². The van der Waals surface area contributed by atoms with Gasteiger partial charge < -0.3 is 10.5 Å². The molecular weight excluding hydrogens is 245 g/mol. The Morgan fingerprint density at radius 2 is 2.12 bits per heavy atom. The van der Waals surface area contributed by atoms with Gasteiger partial charge in [-0.3, -0.25) is 0 Å². The summed E-state index contributed by atoms with van der Waals surface area (Å²) in [4.78, 5) is 0. The summed E-state index contributed by atoms with van der Waals surface area (Å²) in [5, 5.41) is 1.33. The van der Waals surface area contributed by atoms with Gasteiger partial charge in [-0.1, -0.05) is 29.3 Å². The summed E-state index contributed by atoms with van der Waals surface area (Å²) in [5.41, 5.74) is 7.02. The first kappa shape index (κ1) is 13.8. The molecule has 1 atom stereocenters. The maximum Gasteiger partial charge on any atom is 0.0480 e. The van der Waals surface area contributed by atoms with Crippen molar-refractivity contribution in [2.75, 3.05) is 13.2 Å². The lowest BCUT2D eigenvalue weighted by Crippen LogP contribution is -2.24. The zero-order chi connectivity index (χ0) is 12.0. The lowest BCUT2D eigenvalue weighted by Gasteiger charge is -2.12. The summed E-state index contributed by atoms with van der Waals surface area (Å²) < 4.78 is 5.26. The van der Waals surface area contributed by atoms with E-state index >= 15 is 0 Å². The van der Waals surface area contributed by atoms with Crippen LogP contribution in [0.5, 0.6) is 0 Å². The van der Waals surface area contributed by atoms with E-state index in [2.05, 4.69) is 0 Å². The molecule has 0 heterocycles. The molecule has 0 bridgehead atoms. The van der Waals surface area contributed by atoms with Crippen molar-refractivity contribution in [2.45, 2.75) is 25.8 Å². The van der Waals surface area contributed by atoms with Gasteiger partial charge in [0.05, 0.1) is 0 Å². The molecule has 4 heteroatoms. The number of hydrogen-bond donors (Lipinski definition) is 1. The molecule has 0 fully saturated rings. The van der Waals surface area contributed by atoms with Crippen molar-refractivity contribution >= 4 is 23.2 Å². The Balaban J connectivity index is 2.46. The summed E-state index contributed by atoms with van der Waals surface area (Å²) in [7, 11) is 0. The summed E-state index contributed by atoms with van der Waals surface area (Å²) in [6, 6.07) is 5.57. The number of benzene rings is 1. The molecule has 1 unspecified atom stereocenters. The van der Waals surface area contributed by atoms with Crippen molar-refractivity contribution < 1.29 is 4.74 Å². The summed E-state index contributed by atoms with van der Waals surface area (Å²) in [6.45, 7) is 3.40. The van der Waals surface area contributed by atoms with E-state index in [1.165, 1.54) is 0 Å². The topological polar surface area (TPSA) is 35.2 Å². The molecule has 1 aromatic rings. The van der Waals surface area contributed by atoms with Gasteiger partial charge in [0.1, 0.15) is 0 Å². The third-order valence-corrected chi connectivity index (χ3v) is 2.92. The molecule has 0 aliphatic rings. The number of hydrogen-bond acceptors (Lipinski definition) is 2. The van der Waals surface area contributed by atoms with Crippen LogP contribution in [0, 0.1) is 0 Å². The summed E-state index contributed by atoms with van der Waals surface area (Å²) >= 11 is 11.9. The molecule has 0 amide bonds. The van der Waals surface area contributed by atoms with Crippen molar-refractivity contribution in [2.24, 2.45) is 5.73 Å². The number of nitrogens with two attached hydrogens (primary N) is 1. The second-order valence-corrected chi connectivity index (χ2v) is 4.53. The maximum absolute atomic E-state index is 6.06. The highest BCUT2D eigenvalue weighted by Gasteiger charge is 2.07. The lowest BCUT2D eigenvalue weighted by molar-refractivity contribution is 0.140. The van der Waals surface area contributed by atoms with E-state index in [9.17, 15) is 0 Å². The first-order chi connectivity index (χ1) is 7.63. The standard InChI is InChI=1S/C12H17Cl2NO/c1-2-16-6-5-11(15)7-9-3-4-10(13)8-12(9)14/h3-4,8,11H,2,5-7,15H2,1H3. The van der Waals surface area contributed by atoms with Crippen LogP contribution in [0.4, 0.5) is 0 Å². The fraction of sp³-hybridized carbons (Fsp3) is 0.500. The van der Waals surface area contributed by atoms with Gasteiger partial charge in [0.2, 0.25) is 0 Å². The third kappa shape index (κ3) is 4.71. The Labute approximate surface area is 107 Å². The molecule has 2 N–H and O–H groups in total. The molecule has 0 saturated carbocycles. The normalized spacial score (nSPS) is 12.8. The SMILES string of the molecule is CCOCCC(N)Cc1ccc(Cl)cc1Cl. The van der Waals surface area contributed by atoms with Crippen LogP contribution in [0.3, 0.4) is 0 Å². The van der Waals surface area contributed by atoms with E-state index in [-0.39, 0.29) is 6.04 Å². The molecule has 0 aliphatic carbocycles. The van der Waals surface area contributed by atoms with Crippen LogP contribution in [0.25, 0.3) is 0 Å². The summed E-state index contributed by atoms with van der Waals surface area (Å²) in [6.07, 6.45) is 1.59. The molecule has 16 heavy (non-hydrogen) atoms. The third-order valence-electron chi connectivity index (χ3n) is 2.33. The highest BCUT2D eigenvalue weighted by atomic mass is 35.5. The number of rotatable bonds is 6. The van der Waals surface area contributed by atoms with Crippen LogP contribution in [-0.4, -0.2) is 19.3 Å². The fourth-order valence-electron chi connectivity index (χ4n) is 1.45.